The number of rotatable bonds is 4. The van der Waals surface area contributed by atoms with Gasteiger partial charge in [0.25, 0.3) is 5.91 Å². The summed E-state index contributed by atoms with van der Waals surface area (Å²) >= 11 is 0. The normalized spacial score (nSPS) is 17.8. The maximum atomic E-state index is 12.4. The topological polar surface area (TPSA) is 68.5 Å². The summed E-state index contributed by atoms with van der Waals surface area (Å²) in [5, 5.41) is 3.84. The summed E-state index contributed by atoms with van der Waals surface area (Å²) in [7, 11) is 0. The van der Waals surface area contributed by atoms with E-state index in [1.807, 2.05) is 30.0 Å². The van der Waals surface area contributed by atoms with Crippen LogP contribution in [-0.4, -0.2) is 40.6 Å². The Kier molecular flexibility index (Phi) is 4.83. The van der Waals surface area contributed by atoms with Gasteiger partial charge in [-0.1, -0.05) is 11.2 Å². The average Bonchev–Trinajstić information content (AvgIpc) is 3.02. The molecule has 128 valence electrons. The molecule has 3 rings (SSSR count). The second-order valence-electron chi connectivity index (χ2n) is 6.39. The molecule has 0 N–H and O–H groups in total. The zero-order chi connectivity index (χ0) is 17.1. The van der Waals surface area contributed by atoms with Crippen molar-refractivity contribution < 1.29 is 14.1 Å². The lowest BCUT2D eigenvalue weighted by atomic mass is 9.98. The van der Waals surface area contributed by atoms with Crippen LogP contribution in [0.2, 0.25) is 0 Å². The molecule has 0 radical (unpaired) electrons. The van der Waals surface area contributed by atoms with Crippen LogP contribution in [0.1, 0.15) is 41.6 Å². The van der Waals surface area contributed by atoms with Crippen LogP contribution in [0.3, 0.4) is 0 Å². The van der Waals surface area contributed by atoms with Crippen LogP contribution in [0.4, 0.5) is 0 Å². The molecule has 0 aliphatic carbocycles. The summed E-state index contributed by atoms with van der Waals surface area (Å²) in [6.45, 7) is 7.30. The number of hydrogen-bond donors (Lipinski definition) is 0. The van der Waals surface area contributed by atoms with Gasteiger partial charge in [-0.25, -0.2) is 0 Å². The molecule has 2 aromatic rings. The molecule has 1 aromatic carbocycles. The fourth-order valence-electron chi connectivity index (χ4n) is 2.92. The molecule has 1 aromatic heterocycles. The van der Waals surface area contributed by atoms with Gasteiger partial charge >= 0.3 is 0 Å². The van der Waals surface area contributed by atoms with Crippen LogP contribution in [-0.2, 0) is 4.79 Å². The number of aromatic nitrogens is 2. The molecule has 1 aliphatic rings. The van der Waals surface area contributed by atoms with E-state index in [9.17, 15) is 4.79 Å². The van der Waals surface area contributed by atoms with E-state index in [1.165, 1.54) is 5.56 Å². The summed E-state index contributed by atoms with van der Waals surface area (Å²) < 4.78 is 10.9. The van der Waals surface area contributed by atoms with E-state index in [-0.39, 0.29) is 18.4 Å². The van der Waals surface area contributed by atoms with Crippen molar-refractivity contribution in [3.63, 3.8) is 0 Å². The smallest absolute Gasteiger partial charge is 0.260 e. The van der Waals surface area contributed by atoms with Crippen molar-refractivity contribution in [2.24, 2.45) is 0 Å². The Morgan fingerprint density at radius 3 is 2.88 bits per heavy atom. The fourth-order valence-corrected chi connectivity index (χ4v) is 2.92. The number of carbonyl (C=O) groups excluding carboxylic acids is 1. The van der Waals surface area contributed by atoms with Crippen LogP contribution < -0.4 is 4.74 Å². The van der Waals surface area contributed by atoms with Gasteiger partial charge in [-0.05, 0) is 56.9 Å². The maximum absolute atomic E-state index is 12.4. The summed E-state index contributed by atoms with van der Waals surface area (Å²) in [6.07, 6.45) is 1.89. The van der Waals surface area contributed by atoms with Crippen molar-refractivity contribution in [2.75, 3.05) is 19.7 Å². The minimum atomic E-state index is -0.00540. The van der Waals surface area contributed by atoms with Crippen LogP contribution in [0.15, 0.2) is 22.7 Å². The molecule has 1 unspecified atom stereocenters. The highest BCUT2D eigenvalue weighted by atomic mass is 16.5. The quantitative estimate of drug-likeness (QED) is 0.863. The van der Waals surface area contributed by atoms with E-state index >= 15 is 0 Å². The van der Waals surface area contributed by atoms with E-state index in [0.717, 1.165) is 30.7 Å². The van der Waals surface area contributed by atoms with Gasteiger partial charge in [0.15, 0.2) is 12.4 Å². The number of amides is 1. The largest absolute Gasteiger partial charge is 0.484 e. The lowest BCUT2D eigenvalue weighted by Gasteiger charge is -2.31. The number of hydrogen-bond acceptors (Lipinski definition) is 5. The summed E-state index contributed by atoms with van der Waals surface area (Å²) in [6, 6.07) is 5.86. The third kappa shape index (κ3) is 3.75. The second-order valence-corrected chi connectivity index (χ2v) is 6.39. The Hall–Kier alpha value is -2.37. The molecular formula is C18H23N3O3. The van der Waals surface area contributed by atoms with Gasteiger partial charge in [0.1, 0.15) is 5.75 Å². The highest BCUT2D eigenvalue weighted by molar-refractivity contribution is 5.78. The van der Waals surface area contributed by atoms with Crippen LogP contribution in [0.25, 0.3) is 0 Å². The molecule has 2 heterocycles. The molecular weight excluding hydrogens is 306 g/mol. The highest BCUT2D eigenvalue weighted by Gasteiger charge is 2.28. The maximum Gasteiger partial charge on any atom is 0.260 e. The zero-order valence-electron chi connectivity index (χ0n) is 14.4. The second kappa shape index (κ2) is 7.03. The first kappa shape index (κ1) is 16.5. The van der Waals surface area contributed by atoms with E-state index < -0.39 is 0 Å². The van der Waals surface area contributed by atoms with Crippen molar-refractivity contribution in [3.05, 3.63) is 41.0 Å². The van der Waals surface area contributed by atoms with E-state index in [1.54, 1.807) is 6.92 Å². The number of benzene rings is 1. The zero-order valence-corrected chi connectivity index (χ0v) is 14.4. The molecule has 0 bridgehead atoms. The molecule has 0 spiro atoms. The first-order valence-electron chi connectivity index (χ1n) is 8.31. The van der Waals surface area contributed by atoms with Gasteiger partial charge in [-0.3, -0.25) is 4.79 Å². The Bertz CT molecular complexity index is 726. The average molecular weight is 329 g/mol. The monoisotopic (exact) mass is 329 g/mol. The number of piperidine rings is 1. The predicted molar refractivity (Wildman–Crippen MR) is 89.0 cm³/mol. The molecule has 1 atom stereocenters. The third-order valence-electron chi connectivity index (χ3n) is 4.51. The molecule has 0 saturated carbocycles. The lowest BCUT2D eigenvalue weighted by Crippen LogP contribution is -2.41. The number of aryl methyl sites for hydroxylation is 3. The summed E-state index contributed by atoms with van der Waals surface area (Å²) in [5.74, 6) is 2.10. The number of nitrogens with zero attached hydrogens (tertiary/aromatic N) is 3. The number of ether oxygens (including phenoxy) is 1. The van der Waals surface area contributed by atoms with Gasteiger partial charge in [-0.15, -0.1) is 0 Å². The molecule has 1 saturated heterocycles. The minimum absolute atomic E-state index is 0.00540. The Labute approximate surface area is 141 Å². The minimum Gasteiger partial charge on any atom is -0.484 e. The Morgan fingerprint density at radius 2 is 2.17 bits per heavy atom. The molecule has 6 nitrogen and oxygen atoms in total. The SMILES string of the molecule is Cc1noc(C2CCCN(C(=O)COc3ccc(C)c(C)c3)C2)n1. The van der Waals surface area contributed by atoms with Crippen molar-refractivity contribution >= 4 is 5.91 Å². The van der Waals surface area contributed by atoms with Gasteiger partial charge < -0.3 is 14.2 Å². The van der Waals surface area contributed by atoms with Gasteiger partial charge in [0, 0.05) is 13.1 Å². The molecule has 1 amide bonds. The number of carbonyl (C=O) groups is 1. The Morgan fingerprint density at radius 1 is 1.33 bits per heavy atom. The lowest BCUT2D eigenvalue weighted by molar-refractivity contribution is -0.134. The predicted octanol–water partition coefficient (Wildman–Crippen LogP) is 2.78. The molecule has 24 heavy (non-hydrogen) atoms. The van der Waals surface area contributed by atoms with E-state index in [2.05, 4.69) is 17.1 Å². The summed E-state index contributed by atoms with van der Waals surface area (Å²) in [5.41, 5.74) is 2.37. The third-order valence-corrected chi connectivity index (χ3v) is 4.51. The van der Waals surface area contributed by atoms with Gasteiger partial charge in [0.2, 0.25) is 5.89 Å². The highest BCUT2D eigenvalue weighted by Crippen LogP contribution is 2.26. The molecule has 1 fully saturated rings. The van der Waals surface area contributed by atoms with E-state index in [0.29, 0.717) is 18.3 Å². The standard InChI is InChI=1S/C18H23N3O3/c1-12-6-7-16(9-13(12)2)23-11-17(22)21-8-4-5-15(10-21)18-19-14(3)20-24-18/h6-7,9,15H,4-5,8,10-11H2,1-3H3. The van der Waals surface area contributed by atoms with E-state index in [4.69, 9.17) is 9.26 Å². The van der Waals surface area contributed by atoms with Crippen molar-refractivity contribution in [2.45, 2.75) is 39.5 Å². The molecule has 6 heteroatoms. The first-order valence-corrected chi connectivity index (χ1v) is 8.31. The van der Waals surface area contributed by atoms with Crippen LogP contribution in [0.5, 0.6) is 5.75 Å². The van der Waals surface area contributed by atoms with Crippen LogP contribution >= 0.6 is 0 Å². The van der Waals surface area contributed by atoms with Crippen molar-refractivity contribution in [1.29, 1.82) is 0 Å². The van der Waals surface area contributed by atoms with Crippen molar-refractivity contribution in [1.82, 2.24) is 15.0 Å². The first-order chi connectivity index (χ1) is 11.5. The molecule has 1 aliphatic heterocycles. The van der Waals surface area contributed by atoms with Crippen LogP contribution in [0, 0.1) is 20.8 Å². The fraction of sp³-hybridized carbons (Fsp3) is 0.500. The summed E-state index contributed by atoms with van der Waals surface area (Å²) in [4.78, 5) is 18.6. The van der Waals surface area contributed by atoms with Gasteiger partial charge in [0.05, 0.1) is 5.92 Å². The Balaban J connectivity index is 1.57. The van der Waals surface area contributed by atoms with Gasteiger partial charge in [-0.2, -0.15) is 4.98 Å². The van der Waals surface area contributed by atoms with Crippen molar-refractivity contribution in [3.8, 4) is 5.75 Å². The number of likely N-dealkylation sites (tertiary alicyclic amines) is 1.